The van der Waals surface area contributed by atoms with Crippen LogP contribution in [-0.2, 0) is 17.8 Å². The van der Waals surface area contributed by atoms with Gasteiger partial charge in [0, 0.05) is 24.0 Å². The molecular weight excluding hydrogens is 422 g/mol. The Labute approximate surface area is 184 Å². The van der Waals surface area contributed by atoms with Crippen LogP contribution in [-0.4, -0.2) is 36.6 Å². The highest BCUT2D eigenvalue weighted by molar-refractivity contribution is 7.12. The van der Waals surface area contributed by atoms with Crippen molar-refractivity contribution in [1.82, 2.24) is 9.88 Å². The van der Waals surface area contributed by atoms with Gasteiger partial charge in [0.05, 0.1) is 24.2 Å². The van der Waals surface area contributed by atoms with E-state index in [0.29, 0.717) is 5.56 Å². The van der Waals surface area contributed by atoms with Crippen LogP contribution in [0.25, 0.3) is 11.3 Å². The molecule has 0 atom stereocenters. The number of thiazole rings is 1. The van der Waals surface area contributed by atoms with E-state index in [-0.39, 0.29) is 30.4 Å². The molecule has 31 heavy (non-hydrogen) atoms. The first-order valence-electron chi connectivity index (χ1n) is 9.66. The average molecular weight is 447 g/mol. The number of hydrogen-bond donors (Lipinski definition) is 0. The number of amides is 1. The molecule has 0 unspecified atom stereocenters. The number of carbonyl (C=O) groups is 1. The topological polar surface area (TPSA) is 51.7 Å². The molecule has 0 bridgehead atoms. The summed E-state index contributed by atoms with van der Waals surface area (Å²) in [5, 5.41) is 0.893. The van der Waals surface area contributed by atoms with Gasteiger partial charge in [-0.3, -0.25) is 4.79 Å². The van der Waals surface area contributed by atoms with Gasteiger partial charge < -0.3 is 14.4 Å². The SMILES string of the molecule is COc1ccc(CN(C)C(=O)Cc2sc(C)nc2-c2ccc(C)cc2)cc1OC(F)F. The summed E-state index contributed by atoms with van der Waals surface area (Å²) in [5.41, 5.74) is 3.61. The molecule has 0 saturated heterocycles. The molecule has 3 aromatic rings. The van der Waals surface area contributed by atoms with Gasteiger partial charge in [-0.25, -0.2) is 4.98 Å². The van der Waals surface area contributed by atoms with Crippen molar-refractivity contribution in [3.05, 3.63) is 63.5 Å². The lowest BCUT2D eigenvalue weighted by atomic mass is 10.1. The Morgan fingerprint density at radius 2 is 1.84 bits per heavy atom. The van der Waals surface area contributed by atoms with Crippen LogP contribution in [0.2, 0.25) is 0 Å². The Morgan fingerprint density at radius 3 is 2.48 bits per heavy atom. The largest absolute Gasteiger partial charge is 0.493 e. The molecule has 0 aliphatic carbocycles. The number of methoxy groups -OCH3 is 1. The summed E-state index contributed by atoms with van der Waals surface area (Å²) in [5.74, 6) is 0.0562. The van der Waals surface area contributed by atoms with Gasteiger partial charge in [-0.05, 0) is 31.5 Å². The molecule has 0 radical (unpaired) electrons. The lowest BCUT2D eigenvalue weighted by Crippen LogP contribution is -2.27. The monoisotopic (exact) mass is 446 g/mol. The fraction of sp³-hybridized carbons (Fsp3) is 0.304. The lowest BCUT2D eigenvalue weighted by Gasteiger charge is -2.18. The van der Waals surface area contributed by atoms with Gasteiger partial charge in [0.25, 0.3) is 0 Å². The summed E-state index contributed by atoms with van der Waals surface area (Å²) in [7, 11) is 3.06. The van der Waals surface area contributed by atoms with Crippen molar-refractivity contribution < 1.29 is 23.0 Å². The highest BCUT2D eigenvalue weighted by atomic mass is 32.1. The normalized spacial score (nSPS) is 10.9. The van der Waals surface area contributed by atoms with Crippen LogP contribution in [0.1, 0.15) is 21.0 Å². The van der Waals surface area contributed by atoms with Crippen molar-refractivity contribution in [2.45, 2.75) is 33.4 Å². The molecule has 164 valence electrons. The van der Waals surface area contributed by atoms with E-state index < -0.39 is 6.61 Å². The summed E-state index contributed by atoms with van der Waals surface area (Å²) in [6.07, 6.45) is 0.210. The fourth-order valence-electron chi connectivity index (χ4n) is 3.17. The van der Waals surface area contributed by atoms with Crippen molar-refractivity contribution in [3.8, 4) is 22.8 Å². The lowest BCUT2D eigenvalue weighted by molar-refractivity contribution is -0.129. The number of likely N-dealkylation sites (N-methyl/N-ethyl adjacent to an activating group) is 1. The van der Waals surface area contributed by atoms with Crippen LogP contribution >= 0.6 is 11.3 Å². The van der Waals surface area contributed by atoms with E-state index in [2.05, 4.69) is 9.72 Å². The molecule has 0 aliphatic heterocycles. The number of halogens is 2. The van der Waals surface area contributed by atoms with Crippen molar-refractivity contribution in [1.29, 1.82) is 0 Å². The Kier molecular flexibility index (Phi) is 7.22. The number of hydrogen-bond acceptors (Lipinski definition) is 5. The zero-order valence-corrected chi connectivity index (χ0v) is 18.6. The second-order valence-corrected chi connectivity index (χ2v) is 8.45. The second-order valence-electron chi connectivity index (χ2n) is 7.16. The van der Waals surface area contributed by atoms with E-state index in [4.69, 9.17) is 4.74 Å². The summed E-state index contributed by atoms with van der Waals surface area (Å²) in [6.45, 7) is 1.23. The van der Waals surface area contributed by atoms with Crippen molar-refractivity contribution in [2.24, 2.45) is 0 Å². The van der Waals surface area contributed by atoms with E-state index in [1.807, 2.05) is 38.1 Å². The molecular formula is C23H24F2N2O3S. The quantitative estimate of drug-likeness (QED) is 0.475. The third kappa shape index (κ3) is 5.79. The maximum atomic E-state index is 12.9. The number of ether oxygens (including phenoxy) is 2. The van der Waals surface area contributed by atoms with Gasteiger partial charge in [-0.2, -0.15) is 8.78 Å². The van der Waals surface area contributed by atoms with Crippen molar-refractivity contribution in [2.75, 3.05) is 14.2 Å². The highest BCUT2D eigenvalue weighted by Crippen LogP contribution is 2.31. The average Bonchev–Trinajstić information content (AvgIpc) is 3.08. The Balaban J connectivity index is 1.74. The molecule has 0 saturated carbocycles. The van der Waals surface area contributed by atoms with Crippen LogP contribution in [0.4, 0.5) is 8.78 Å². The standard InChI is InChI=1S/C23H24F2N2O3S/c1-14-5-8-17(9-6-14)22-20(31-15(2)26-22)12-21(28)27(3)13-16-7-10-18(29-4)19(11-16)30-23(24)25/h5-11,23H,12-13H2,1-4H3. The molecule has 2 aromatic carbocycles. The molecule has 1 heterocycles. The number of nitrogens with zero attached hydrogens (tertiary/aromatic N) is 2. The molecule has 3 rings (SSSR count). The molecule has 0 spiro atoms. The predicted octanol–water partition coefficient (Wildman–Crippen LogP) is 5.24. The number of benzene rings is 2. The first-order chi connectivity index (χ1) is 14.8. The third-order valence-electron chi connectivity index (χ3n) is 4.73. The maximum absolute atomic E-state index is 12.9. The summed E-state index contributed by atoms with van der Waals surface area (Å²) in [6, 6.07) is 12.8. The van der Waals surface area contributed by atoms with E-state index in [1.165, 1.54) is 24.5 Å². The number of rotatable bonds is 8. The Morgan fingerprint density at radius 1 is 1.13 bits per heavy atom. The van der Waals surface area contributed by atoms with Gasteiger partial charge in [0.2, 0.25) is 5.91 Å². The van der Waals surface area contributed by atoms with Crippen LogP contribution in [0, 0.1) is 13.8 Å². The van der Waals surface area contributed by atoms with Crippen LogP contribution in [0.5, 0.6) is 11.5 Å². The molecule has 1 aromatic heterocycles. The first kappa shape index (κ1) is 22.7. The Hall–Kier alpha value is -3.00. The second kappa shape index (κ2) is 9.87. The molecule has 8 heteroatoms. The molecule has 0 aliphatic rings. The van der Waals surface area contributed by atoms with Gasteiger partial charge in [0.1, 0.15) is 0 Å². The third-order valence-corrected chi connectivity index (χ3v) is 5.70. The van der Waals surface area contributed by atoms with Crippen molar-refractivity contribution >= 4 is 17.2 Å². The number of alkyl halides is 2. The van der Waals surface area contributed by atoms with Crippen LogP contribution in [0.3, 0.4) is 0 Å². The maximum Gasteiger partial charge on any atom is 0.387 e. The van der Waals surface area contributed by atoms with Gasteiger partial charge in [-0.15, -0.1) is 11.3 Å². The zero-order chi connectivity index (χ0) is 22.5. The van der Waals surface area contributed by atoms with Gasteiger partial charge in [0.15, 0.2) is 11.5 Å². The number of aromatic nitrogens is 1. The molecule has 0 fully saturated rings. The summed E-state index contributed by atoms with van der Waals surface area (Å²) >= 11 is 1.50. The van der Waals surface area contributed by atoms with Crippen LogP contribution in [0.15, 0.2) is 42.5 Å². The van der Waals surface area contributed by atoms with Crippen LogP contribution < -0.4 is 9.47 Å². The molecule has 5 nitrogen and oxygen atoms in total. The Bertz CT molecular complexity index is 1050. The van der Waals surface area contributed by atoms with Gasteiger partial charge >= 0.3 is 6.61 Å². The van der Waals surface area contributed by atoms with E-state index >= 15 is 0 Å². The van der Waals surface area contributed by atoms with E-state index in [0.717, 1.165) is 26.7 Å². The number of carbonyl (C=O) groups excluding carboxylic acids is 1. The molecule has 0 N–H and O–H groups in total. The smallest absolute Gasteiger partial charge is 0.387 e. The zero-order valence-electron chi connectivity index (χ0n) is 17.8. The summed E-state index contributed by atoms with van der Waals surface area (Å²) in [4.78, 5) is 19.9. The minimum Gasteiger partial charge on any atom is -0.493 e. The minimum atomic E-state index is -2.96. The van der Waals surface area contributed by atoms with Crippen molar-refractivity contribution in [3.63, 3.8) is 0 Å². The molecule has 1 amide bonds. The number of aryl methyl sites for hydroxylation is 2. The highest BCUT2D eigenvalue weighted by Gasteiger charge is 2.18. The van der Waals surface area contributed by atoms with E-state index in [1.54, 1.807) is 24.1 Å². The summed E-state index contributed by atoms with van der Waals surface area (Å²) < 4.78 is 34.9. The predicted molar refractivity (Wildman–Crippen MR) is 117 cm³/mol. The minimum absolute atomic E-state index is 0.0596. The first-order valence-corrected chi connectivity index (χ1v) is 10.5. The fourth-order valence-corrected chi connectivity index (χ4v) is 4.12. The van der Waals surface area contributed by atoms with Gasteiger partial charge in [-0.1, -0.05) is 35.9 Å². The van der Waals surface area contributed by atoms with E-state index in [9.17, 15) is 13.6 Å².